The van der Waals surface area contributed by atoms with Gasteiger partial charge in [-0.2, -0.15) is 5.06 Å². The van der Waals surface area contributed by atoms with E-state index >= 15 is 0 Å². The first-order valence-electron chi connectivity index (χ1n) is 6.66. The van der Waals surface area contributed by atoms with Crippen molar-refractivity contribution >= 4 is 35.1 Å². The zero-order valence-electron chi connectivity index (χ0n) is 11.6. The molecule has 23 heavy (non-hydrogen) atoms. The second kappa shape index (κ2) is 5.25. The number of amides is 4. The van der Waals surface area contributed by atoms with Crippen molar-refractivity contribution in [3.63, 3.8) is 0 Å². The van der Waals surface area contributed by atoms with E-state index in [9.17, 15) is 29.2 Å². The molecule has 1 N–H and O–H groups in total. The fraction of sp³-hybridized carbons (Fsp3) is 0.133. The summed E-state index contributed by atoms with van der Waals surface area (Å²) in [5.41, 5.74) is 0.432. The van der Waals surface area contributed by atoms with Crippen molar-refractivity contribution in [1.82, 2.24) is 5.06 Å². The van der Waals surface area contributed by atoms with Gasteiger partial charge in [-0.25, -0.2) is 4.90 Å². The van der Waals surface area contributed by atoms with Crippen LogP contribution in [0.15, 0.2) is 36.4 Å². The number of benzene rings is 1. The van der Waals surface area contributed by atoms with Gasteiger partial charge in [-0.05, 0) is 24.3 Å². The lowest BCUT2D eigenvalue weighted by Gasteiger charge is -2.14. The van der Waals surface area contributed by atoms with Crippen LogP contribution in [0.5, 0.6) is 0 Å². The van der Waals surface area contributed by atoms with Crippen LogP contribution in [-0.2, 0) is 19.2 Å². The second-order valence-corrected chi connectivity index (χ2v) is 5.06. The number of nitrogens with zero attached hydrogens (tertiary/aromatic N) is 2. The molecule has 116 valence electrons. The van der Waals surface area contributed by atoms with Crippen molar-refractivity contribution in [2.45, 2.75) is 6.42 Å². The maximum absolute atomic E-state index is 12.2. The molecule has 1 atom stereocenters. The van der Waals surface area contributed by atoms with E-state index in [4.69, 9.17) is 0 Å². The van der Waals surface area contributed by atoms with Gasteiger partial charge >= 0.3 is 0 Å². The van der Waals surface area contributed by atoms with Gasteiger partial charge in [0.25, 0.3) is 23.6 Å². The molecular formula is C15H10N2O6. The largest absolute Gasteiger partial charge is 0.293 e. The fourth-order valence-corrected chi connectivity index (χ4v) is 2.45. The number of ketones is 1. The van der Waals surface area contributed by atoms with Crippen molar-refractivity contribution in [3.05, 3.63) is 42.0 Å². The lowest BCUT2D eigenvalue weighted by atomic mass is 9.96. The van der Waals surface area contributed by atoms with Crippen LogP contribution in [0.2, 0.25) is 0 Å². The van der Waals surface area contributed by atoms with Crippen LogP contribution in [0.3, 0.4) is 0 Å². The topological polar surface area (TPSA) is 112 Å². The minimum absolute atomic E-state index is 0.0514. The first-order chi connectivity index (χ1) is 10.9. The molecule has 8 nitrogen and oxygen atoms in total. The minimum atomic E-state index is -1.25. The van der Waals surface area contributed by atoms with Crippen molar-refractivity contribution in [2.24, 2.45) is 5.92 Å². The maximum atomic E-state index is 12.2. The summed E-state index contributed by atoms with van der Waals surface area (Å²) in [5, 5.41) is 9.12. The number of rotatable bonds is 3. The molecule has 1 fully saturated rings. The standard InChI is InChI=1S/C15H10N2O6/c18-11-5-6-12(19)16(11)9-3-1-8(2-4-9)14(21)10-7-13(20)17(23)15(10)22/h1-6,10,23H,7H2. The first-order valence-corrected chi connectivity index (χ1v) is 6.66. The molecular weight excluding hydrogens is 304 g/mol. The summed E-state index contributed by atoms with van der Waals surface area (Å²) >= 11 is 0. The van der Waals surface area contributed by atoms with Crippen LogP contribution in [0, 0.1) is 5.92 Å². The summed E-state index contributed by atoms with van der Waals surface area (Å²) < 4.78 is 0. The fourth-order valence-electron chi connectivity index (χ4n) is 2.45. The zero-order chi connectivity index (χ0) is 16.7. The summed E-state index contributed by atoms with van der Waals surface area (Å²) in [7, 11) is 0. The van der Waals surface area contributed by atoms with E-state index in [-0.39, 0.29) is 17.0 Å². The molecule has 0 spiro atoms. The van der Waals surface area contributed by atoms with Gasteiger partial charge in [-0.3, -0.25) is 29.2 Å². The van der Waals surface area contributed by atoms with Crippen LogP contribution < -0.4 is 4.90 Å². The number of hydrogen-bond donors (Lipinski definition) is 1. The van der Waals surface area contributed by atoms with E-state index in [2.05, 4.69) is 0 Å². The van der Waals surface area contributed by atoms with Crippen molar-refractivity contribution in [1.29, 1.82) is 0 Å². The Balaban J connectivity index is 1.82. The van der Waals surface area contributed by atoms with Crippen molar-refractivity contribution in [2.75, 3.05) is 4.90 Å². The summed E-state index contributed by atoms with van der Waals surface area (Å²) in [4.78, 5) is 59.2. The molecule has 1 aromatic carbocycles. The molecule has 2 aliphatic heterocycles. The zero-order valence-corrected chi connectivity index (χ0v) is 11.6. The summed E-state index contributed by atoms with van der Waals surface area (Å²) in [6.07, 6.45) is 1.89. The summed E-state index contributed by atoms with van der Waals surface area (Å²) in [5.74, 6) is -4.62. The average molecular weight is 314 g/mol. The normalized spacial score (nSPS) is 20.8. The van der Waals surface area contributed by atoms with Gasteiger partial charge in [-0.1, -0.05) is 0 Å². The van der Waals surface area contributed by atoms with Crippen LogP contribution in [-0.4, -0.2) is 39.7 Å². The first kappa shape index (κ1) is 14.8. The Morgan fingerprint density at radius 3 is 2.04 bits per heavy atom. The third-order valence-corrected chi connectivity index (χ3v) is 3.66. The molecule has 2 aliphatic rings. The Morgan fingerprint density at radius 1 is 1.00 bits per heavy atom. The Morgan fingerprint density at radius 2 is 1.57 bits per heavy atom. The predicted octanol–water partition coefficient (Wildman–Crippen LogP) is 0.0630. The number of hydrogen-bond acceptors (Lipinski definition) is 6. The number of carbonyl (C=O) groups excluding carboxylic acids is 5. The third-order valence-electron chi connectivity index (χ3n) is 3.66. The van der Waals surface area contributed by atoms with Crippen LogP contribution in [0.25, 0.3) is 0 Å². The second-order valence-electron chi connectivity index (χ2n) is 5.06. The number of Topliss-reactive ketones (excluding diaryl/α,β-unsaturated/α-hetero) is 1. The summed E-state index contributed by atoms with van der Waals surface area (Å²) in [6.45, 7) is 0. The van der Waals surface area contributed by atoms with Crippen LogP contribution in [0.1, 0.15) is 16.8 Å². The van der Waals surface area contributed by atoms with Gasteiger partial charge in [0.05, 0.1) is 5.69 Å². The molecule has 4 amide bonds. The molecule has 0 saturated carbocycles. The molecule has 1 aromatic rings. The van der Waals surface area contributed by atoms with Crippen LogP contribution in [0.4, 0.5) is 5.69 Å². The monoisotopic (exact) mass is 314 g/mol. The molecule has 3 rings (SSSR count). The van der Waals surface area contributed by atoms with E-state index < -0.39 is 35.3 Å². The van der Waals surface area contributed by atoms with E-state index in [1.165, 1.54) is 24.3 Å². The molecule has 0 aliphatic carbocycles. The molecule has 8 heteroatoms. The number of anilines is 1. The molecule has 0 radical (unpaired) electrons. The number of imide groups is 2. The van der Waals surface area contributed by atoms with Gasteiger partial charge in [0.15, 0.2) is 5.78 Å². The van der Waals surface area contributed by atoms with Crippen molar-refractivity contribution < 1.29 is 29.2 Å². The van der Waals surface area contributed by atoms with Gasteiger partial charge in [-0.15, -0.1) is 0 Å². The average Bonchev–Trinajstić information content (AvgIpc) is 3.01. The highest BCUT2D eigenvalue weighted by molar-refractivity contribution is 6.28. The lowest BCUT2D eigenvalue weighted by Crippen LogP contribution is -2.30. The van der Waals surface area contributed by atoms with Gasteiger partial charge in [0.2, 0.25) is 0 Å². The molecule has 1 saturated heterocycles. The van der Waals surface area contributed by atoms with E-state index in [1.807, 2.05) is 0 Å². The quantitative estimate of drug-likeness (QED) is 0.365. The molecule has 0 aromatic heterocycles. The van der Waals surface area contributed by atoms with Gasteiger partial charge in [0, 0.05) is 24.1 Å². The number of hydroxylamine groups is 2. The smallest absolute Gasteiger partial charge is 0.264 e. The minimum Gasteiger partial charge on any atom is -0.293 e. The Labute approximate surface area is 129 Å². The van der Waals surface area contributed by atoms with Gasteiger partial charge in [0.1, 0.15) is 5.92 Å². The number of carbonyl (C=O) groups is 5. The summed E-state index contributed by atoms with van der Waals surface area (Å²) in [6, 6.07) is 5.50. The molecule has 1 unspecified atom stereocenters. The highest BCUT2D eigenvalue weighted by Crippen LogP contribution is 2.25. The Bertz CT molecular complexity index is 762. The Kier molecular flexibility index (Phi) is 3.38. The molecule has 2 heterocycles. The highest BCUT2D eigenvalue weighted by Gasteiger charge is 2.42. The molecule has 0 bridgehead atoms. The Hall–Kier alpha value is -3.13. The lowest BCUT2D eigenvalue weighted by molar-refractivity contribution is -0.171. The van der Waals surface area contributed by atoms with Gasteiger partial charge < -0.3 is 0 Å². The van der Waals surface area contributed by atoms with Crippen molar-refractivity contribution in [3.8, 4) is 0 Å². The van der Waals surface area contributed by atoms with E-state index in [1.54, 1.807) is 0 Å². The predicted molar refractivity (Wildman–Crippen MR) is 74.2 cm³/mol. The highest BCUT2D eigenvalue weighted by atomic mass is 16.5. The third kappa shape index (κ3) is 2.34. The van der Waals surface area contributed by atoms with E-state index in [0.717, 1.165) is 17.1 Å². The maximum Gasteiger partial charge on any atom is 0.264 e. The van der Waals surface area contributed by atoms with Crippen LogP contribution >= 0.6 is 0 Å². The van der Waals surface area contributed by atoms with E-state index in [0.29, 0.717) is 5.69 Å². The SMILES string of the molecule is O=C(c1ccc(N2C(=O)C=CC2=O)cc1)C1CC(=O)N(O)C1=O.